The van der Waals surface area contributed by atoms with E-state index < -0.39 is 0 Å². The van der Waals surface area contributed by atoms with Crippen LogP contribution in [0.25, 0.3) is 0 Å². The van der Waals surface area contributed by atoms with Crippen molar-refractivity contribution in [1.82, 2.24) is 9.97 Å². The van der Waals surface area contributed by atoms with Crippen LogP contribution in [-0.2, 0) is 6.61 Å². The van der Waals surface area contributed by atoms with Crippen molar-refractivity contribution in [2.24, 2.45) is 0 Å². The highest BCUT2D eigenvalue weighted by atomic mass is 35.5. The van der Waals surface area contributed by atoms with Crippen LogP contribution in [0.15, 0.2) is 30.5 Å². The maximum absolute atomic E-state index is 5.96. The number of benzene rings is 1. The van der Waals surface area contributed by atoms with E-state index in [4.69, 9.17) is 27.9 Å². The fourth-order valence-corrected chi connectivity index (χ4v) is 1.57. The Hall–Kier alpha value is -1.32. The molecule has 1 aromatic heterocycles. The molecule has 1 heterocycles. The lowest BCUT2D eigenvalue weighted by Gasteiger charge is -2.07. The fourth-order valence-electron chi connectivity index (χ4n) is 1.23. The second kappa shape index (κ2) is 5.34. The minimum atomic E-state index is 0.240. The molecule has 0 radical (unpaired) electrons. The quantitative estimate of drug-likeness (QED) is 0.797. The molecule has 2 rings (SSSR count). The number of hydrogen-bond donors (Lipinski definition) is 0. The van der Waals surface area contributed by atoms with E-state index in [0.717, 1.165) is 5.56 Å². The molecule has 3 nitrogen and oxygen atoms in total. The van der Waals surface area contributed by atoms with E-state index in [1.807, 2.05) is 19.1 Å². The molecule has 0 unspecified atom stereocenters. The largest absolute Gasteiger partial charge is 0.484 e. The molecule has 0 aliphatic heterocycles. The van der Waals surface area contributed by atoms with Crippen molar-refractivity contribution in [3.8, 4) is 5.75 Å². The standard InChI is InChI=1S/C12H10Cl2N2O/c1-8-6-15-11(16-12(8)14)7-17-10-5-3-2-4-9(10)13/h2-6H,7H2,1H3. The van der Waals surface area contributed by atoms with E-state index in [1.165, 1.54) is 0 Å². The average Bonchev–Trinajstić information content (AvgIpc) is 2.32. The maximum atomic E-state index is 5.96. The zero-order valence-electron chi connectivity index (χ0n) is 9.15. The lowest BCUT2D eigenvalue weighted by atomic mass is 10.3. The van der Waals surface area contributed by atoms with Gasteiger partial charge < -0.3 is 4.74 Å². The zero-order valence-corrected chi connectivity index (χ0v) is 10.7. The van der Waals surface area contributed by atoms with Crippen LogP contribution in [0.2, 0.25) is 10.2 Å². The minimum Gasteiger partial charge on any atom is -0.484 e. The second-order valence-corrected chi connectivity index (χ2v) is 4.24. The summed E-state index contributed by atoms with van der Waals surface area (Å²) in [6, 6.07) is 7.25. The first-order chi connectivity index (χ1) is 8.16. The van der Waals surface area contributed by atoms with Gasteiger partial charge in [-0.3, -0.25) is 0 Å². The number of rotatable bonds is 3. The van der Waals surface area contributed by atoms with Crippen LogP contribution in [0.1, 0.15) is 11.4 Å². The molecule has 1 aromatic carbocycles. The van der Waals surface area contributed by atoms with Crippen molar-refractivity contribution in [2.45, 2.75) is 13.5 Å². The van der Waals surface area contributed by atoms with E-state index in [-0.39, 0.29) is 6.61 Å². The molecular weight excluding hydrogens is 259 g/mol. The van der Waals surface area contributed by atoms with Gasteiger partial charge in [0.05, 0.1) is 5.02 Å². The molecule has 0 aliphatic carbocycles. The molecule has 0 bridgehead atoms. The van der Waals surface area contributed by atoms with E-state index in [0.29, 0.717) is 21.7 Å². The van der Waals surface area contributed by atoms with Gasteiger partial charge >= 0.3 is 0 Å². The Bertz CT molecular complexity index is 532. The third-order valence-electron chi connectivity index (χ3n) is 2.15. The number of aromatic nitrogens is 2. The molecule has 0 fully saturated rings. The van der Waals surface area contributed by atoms with Crippen molar-refractivity contribution in [3.05, 3.63) is 52.0 Å². The third-order valence-corrected chi connectivity index (χ3v) is 2.85. The lowest BCUT2D eigenvalue weighted by Crippen LogP contribution is -2.02. The molecule has 0 saturated heterocycles. The average molecular weight is 269 g/mol. The molecule has 88 valence electrons. The number of halogens is 2. The van der Waals surface area contributed by atoms with E-state index in [2.05, 4.69) is 9.97 Å². The number of aryl methyl sites for hydroxylation is 1. The van der Waals surface area contributed by atoms with Gasteiger partial charge in [0.15, 0.2) is 5.82 Å². The summed E-state index contributed by atoms with van der Waals surface area (Å²) in [5.41, 5.74) is 0.841. The minimum absolute atomic E-state index is 0.240. The molecule has 2 aromatic rings. The van der Waals surface area contributed by atoms with Crippen LogP contribution >= 0.6 is 23.2 Å². The van der Waals surface area contributed by atoms with E-state index >= 15 is 0 Å². The van der Waals surface area contributed by atoms with Crippen LogP contribution in [0.3, 0.4) is 0 Å². The summed E-state index contributed by atoms with van der Waals surface area (Å²) in [5, 5.41) is 1.00. The summed E-state index contributed by atoms with van der Waals surface area (Å²) in [6.07, 6.45) is 1.67. The van der Waals surface area contributed by atoms with Crippen molar-refractivity contribution >= 4 is 23.2 Å². The summed E-state index contributed by atoms with van der Waals surface area (Å²) >= 11 is 11.8. The summed E-state index contributed by atoms with van der Waals surface area (Å²) in [4.78, 5) is 8.22. The predicted octanol–water partition coefficient (Wildman–Crippen LogP) is 3.67. The molecule has 0 saturated carbocycles. The normalized spacial score (nSPS) is 10.3. The smallest absolute Gasteiger partial charge is 0.167 e. The van der Waals surface area contributed by atoms with Gasteiger partial charge in [-0.05, 0) is 19.1 Å². The van der Waals surface area contributed by atoms with Crippen LogP contribution in [0.4, 0.5) is 0 Å². The van der Waals surface area contributed by atoms with Gasteiger partial charge in [0.2, 0.25) is 0 Å². The first-order valence-corrected chi connectivity index (χ1v) is 5.78. The van der Waals surface area contributed by atoms with E-state index in [9.17, 15) is 0 Å². The summed E-state index contributed by atoms with van der Waals surface area (Å²) in [6.45, 7) is 2.09. The predicted molar refractivity (Wildman–Crippen MR) is 67.6 cm³/mol. The summed E-state index contributed by atoms with van der Waals surface area (Å²) < 4.78 is 5.50. The SMILES string of the molecule is Cc1cnc(COc2ccccc2Cl)nc1Cl. The van der Waals surface area contributed by atoms with Gasteiger partial charge in [0.1, 0.15) is 17.5 Å². The van der Waals surface area contributed by atoms with Gasteiger partial charge in [-0.2, -0.15) is 0 Å². The first-order valence-electron chi connectivity index (χ1n) is 5.02. The van der Waals surface area contributed by atoms with Crippen molar-refractivity contribution in [2.75, 3.05) is 0 Å². The molecule has 5 heteroatoms. The Morgan fingerprint density at radius 1 is 1.24 bits per heavy atom. The highest BCUT2D eigenvalue weighted by Crippen LogP contribution is 2.23. The van der Waals surface area contributed by atoms with Gasteiger partial charge in [-0.15, -0.1) is 0 Å². The highest BCUT2D eigenvalue weighted by Gasteiger charge is 2.04. The molecule has 0 N–H and O–H groups in total. The summed E-state index contributed by atoms with van der Waals surface area (Å²) in [5.74, 6) is 1.13. The number of para-hydroxylation sites is 1. The first kappa shape index (κ1) is 12.1. The number of hydrogen-bond acceptors (Lipinski definition) is 3. The highest BCUT2D eigenvalue weighted by molar-refractivity contribution is 6.32. The number of nitrogens with zero attached hydrogens (tertiary/aromatic N) is 2. The molecular formula is C12H10Cl2N2O. The van der Waals surface area contributed by atoms with E-state index in [1.54, 1.807) is 18.3 Å². The molecule has 0 amide bonds. The van der Waals surface area contributed by atoms with Crippen LogP contribution in [0.5, 0.6) is 5.75 Å². The van der Waals surface area contributed by atoms with Gasteiger partial charge in [-0.25, -0.2) is 9.97 Å². The maximum Gasteiger partial charge on any atom is 0.167 e. The Labute approximate surface area is 109 Å². The fraction of sp³-hybridized carbons (Fsp3) is 0.167. The van der Waals surface area contributed by atoms with Crippen molar-refractivity contribution in [1.29, 1.82) is 0 Å². The monoisotopic (exact) mass is 268 g/mol. The van der Waals surface area contributed by atoms with Gasteiger partial charge in [-0.1, -0.05) is 35.3 Å². The van der Waals surface area contributed by atoms with Crippen LogP contribution in [0, 0.1) is 6.92 Å². The molecule has 17 heavy (non-hydrogen) atoms. The van der Waals surface area contributed by atoms with Gasteiger partial charge in [0.25, 0.3) is 0 Å². The van der Waals surface area contributed by atoms with Crippen LogP contribution in [-0.4, -0.2) is 9.97 Å². The molecule has 0 aliphatic rings. The second-order valence-electron chi connectivity index (χ2n) is 3.48. The Balaban J connectivity index is 2.08. The zero-order chi connectivity index (χ0) is 12.3. The molecule has 0 spiro atoms. The summed E-state index contributed by atoms with van der Waals surface area (Å²) in [7, 11) is 0. The Kier molecular flexibility index (Phi) is 3.82. The molecule has 0 atom stereocenters. The van der Waals surface area contributed by atoms with Crippen LogP contribution < -0.4 is 4.74 Å². The third kappa shape index (κ3) is 3.08. The van der Waals surface area contributed by atoms with Crippen molar-refractivity contribution in [3.63, 3.8) is 0 Å². The Morgan fingerprint density at radius 3 is 2.71 bits per heavy atom. The topological polar surface area (TPSA) is 35.0 Å². The van der Waals surface area contributed by atoms with Gasteiger partial charge in [0, 0.05) is 11.8 Å². The lowest BCUT2D eigenvalue weighted by molar-refractivity contribution is 0.296. The van der Waals surface area contributed by atoms with Crippen molar-refractivity contribution < 1.29 is 4.74 Å². The number of ether oxygens (including phenoxy) is 1. The Morgan fingerprint density at radius 2 is 2.00 bits per heavy atom.